The van der Waals surface area contributed by atoms with Gasteiger partial charge in [-0.1, -0.05) is 0 Å². The summed E-state index contributed by atoms with van der Waals surface area (Å²) < 4.78 is 37.3. The Hall–Kier alpha value is -1.73. The van der Waals surface area contributed by atoms with Gasteiger partial charge in [-0.25, -0.2) is 0 Å². The average molecular weight is 398 g/mol. The molecule has 0 aliphatic heterocycles. The maximum Gasteiger partial charge on any atom is 0.340 e. The van der Waals surface area contributed by atoms with Crippen LogP contribution in [0.4, 0.5) is 5.69 Å². The second-order valence-corrected chi connectivity index (χ2v) is 5.53. The maximum atomic E-state index is 5.54. The van der Waals surface area contributed by atoms with E-state index in [1.54, 1.807) is 19.2 Å². The van der Waals surface area contributed by atoms with E-state index in [9.17, 15) is 0 Å². The molecule has 0 unspecified atom stereocenters. The summed E-state index contributed by atoms with van der Waals surface area (Å²) in [7, 11) is 1.64. The van der Waals surface area contributed by atoms with E-state index in [-0.39, 0.29) is 0 Å². The molecule has 28 heavy (non-hydrogen) atoms. The molecule has 8 nitrogen and oxygen atoms in total. The topological polar surface area (TPSA) is 69.0 Å². The lowest BCUT2D eigenvalue weighted by Crippen LogP contribution is -2.14. The normalized spacial score (nSPS) is 10.7. The van der Waals surface area contributed by atoms with Crippen LogP contribution in [-0.4, -0.2) is 86.4 Å². The molecule has 0 fully saturated rings. The molecule has 0 saturated heterocycles. The third kappa shape index (κ3) is 14.3. The first kappa shape index (κ1) is 24.3. The van der Waals surface area contributed by atoms with Gasteiger partial charge in [0.15, 0.2) is 0 Å². The summed E-state index contributed by atoms with van der Waals surface area (Å²) in [5, 5.41) is 0. The molecule has 1 aromatic rings. The summed E-state index contributed by atoms with van der Waals surface area (Å²) in [5.74, 6) is 0.756. The first-order chi connectivity index (χ1) is 13.9. The van der Waals surface area contributed by atoms with Gasteiger partial charge in [-0.15, -0.1) is 0 Å². The second kappa shape index (κ2) is 18.6. The van der Waals surface area contributed by atoms with Crippen molar-refractivity contribution in [2.45, 2.75) is 0 Å². The van der Waals surface area contributed by atoms with Gasteiger partial charge in [0, 0.05) is 19.2 Å². The van der Waals surface area contributed by atoms with Crippen LogP contribution in [0.15, 0.2) is 24.3 Å². The second-order valence-electron chi connectivity index (χ2n) is 5.53. The zero-order valence-electron chi connectivity index (χ0n) is 16.7. The van der Waals surface area contributed by atoms with Crippen molar-refractivity contribution in [2.75, 3.05) is 86.4 Å². The molecule has 1 rings (SSSR count). The van der Waals surface area contributed by atoms with Gasteiger partial charge in [-0.05, 0) is 17.0 Å². The fraction of sp³-hybridized carbons (Fsp3) is 0.650. The van der Waals surface area contributed by atoms with Crippen LogP contribution < -0.4 is 4.74 Å². The van der Waals surface area contributed by atoms with Crippen molar-refractivity contribution in [3.63, 3.8) is 0 Å². The van der Waals surface area contributed by atoms with Crippen molar-refractivity contribution in [2.24, 2.45) is 0 Å². The predicted molar refractivity (Wildman–Crippen MR) is 106 cm³/mol. The number of hydrogen-bond donors (Lipinski definition) is 0. The molecule has 0 aliphatic carbocycles. The molecule has 0 spiro atoms. The molecular weight excluding hydrogens is 366 g/mol. The van der Waals surface area contributed by atoms with E-state index in [2.05, 4.69) is 4.85 Å². The maximum absolute atomic E-state index is 5.54. The molecule has 0 saturated carbocycles. The lowest BCUT2D eigenvalue weighted by Gasteiger charge is -2.08. The summed E-state index contributed by atoms with van der Waals surface area (Å²) in [4.78, 5) is 3.58. The predicted octanol–water partition coefficient (Wildman–Crippen LogP) is 2.39. The van der Waals surface area contributed by atoms with Crippen molar-refractivity contribution in [3.05, 3.63) is 29.1 Å². The number of methoxy groups -OCH3 is 1. The summed E-state index contributed by atoms with van der Waals surface area (Å²) in [6, 6.07) is 7.21. The van der Waals surface area contributed by atoms with Gasteiger partial charge in [-0.2, -0.15) is 0 Å². The van der Waals surface area contributed by atoms with Crippen LogP contribution in [-0.2, 0) is 28.4 Å². The fourth-order valence-electron chi connectivity index (χ4n) is 1.97. The van der Waals surface area contributed by atoms with E-state index in [1.165, 1.54) is 0 Å². The molecule has 0 aliphatic rings. The lowest BCUT2D eigenvalue weighted by molar-refractivity contribution is -0.0159. The van der Waals surface area contributed by atoms with Crippen molar-refractivity contribution in [1.29, 1.82) is 0 Å². The van der Waals surface area contributed by atoms with E-state index < -0.39 is 0 Å². The molecule has 0 bridgehead atoms. The summed E-state index contributed by atoms with van der Waals surface area (Å²) in [6.07, 6.45) is 0. The van der Waals surface area contributed by atoms with Crippen LogP contribution in [0.25, 0.3) is 4.85 Å². The van der Waals surface area contributed by atoms with Crippen LogP contribution in [0.3, 0.4) is 0 Å². The minimum absolute atomic E-state index is 0.472. The quantitative estimate of drug-likeness (QED) is 0.332. The largest absolute Gasteiger partial charge is 0.491 e. The minimum Gasteiger partial charge on any atom is -0.491 e. The molecule has 158 valence electrons. The van der Waals surface area contributed by atoms with Crippen LogP contribution in [0.5, 0.6) is 5.75 Å². The van der Waals surface area contributed by atoms with E-state index in [4.69, 9.17) is 39.7 Å². The zero-order chi connectivity index (χ0) is 20.1. The first-order valence-corrected chi connectivity index (χ1v) is 9.38. The SMILES string of the molecule is C#[N+]c1ccc(OCCOCCOCCOCCOCCOCCOC)cc1. The van der Waals surface area contributed by atoms with E-state index >= 15 is 0 Å². The number of nitrogens with zero attached hydrogens (tertiary/aromatic N) is 1. The molecule has 0 amide bonds. The highest BCUT2D eigenvalue weighted by molar-refractivity contribution is 5.47. The Morgan fingerprint density at radius 3 is 1.39 bits per heavy atom. The number of benzene rings is 1. The van der Waals surface area contributed by atoms with Gasteiger partial charge in [0.1, 0.15) is 12.4 Å². The fourth-order valence-corrected chi connectivity index (χ4v) is 1.97. The third-order valence-corrected chi connectivity index (χ3v) is 3.40. The van der Waals surface area contributed by atoms with Crippen molar-refractivity contribution in [1.82, 2.24) is 0 Å². The standard InChI is InChI=1S/C20H32NO7/c1-21-19-3-5-20(6-4-19)28-18-17-27-16-15-26-14-13-25-12-11-24-10-9-23-8-7-22-2/h1,3-6H,7-18H2,2H3/q+1. The van der Waals surface area contributed by atoms with Crippen LogP contribution >= 0.6 is 0 Å². The van der Waals surface area contributed by atoms with Gasteiger partial charge in [0.25, 0.3) is 6.57 Å². The highest BCUT2D eigenvalue weighted by Crippen LogP contribution is 2.17. The Balaban J connectivity index is 1.74. The highest BCUT2D eigenvalue weighted by Gasteiger charge is 2.00. The van der Waals surface area contributed by atoms with Gasteiger partial charge in [0.05, 0.1) is 72.7 Å². The van der Waals surface area contributed by atoms with Crippen LogP contribution in [0, 0.1) is 6.57 Å². The molecule has 1 aromatic carbocycles. The Bertz CT molecular complexity index is 504. The highest BCUT2D eigenvalue weighted by atomic mass is 16.6. The first-order valence-electron chi connectivity index (χ1n) is 9.38. The van der Waals surface area contributed by atoms with Crippen molar-refractivity contribution in [3.8, 4) is 12.3 Å². The molecule has 8 heteroatoms. The van der Waals surface area contributed by atoms with Gasteiger partial charge >= 0.3 is 5.69 Å². The average Bonchev–Trinajstić information content (AvgIpc) is 2.73. The Kier molecular flexibility index (Phi) is 16.2. The van der Waals surface area contributed by atoms with E-state index in [0.29, 0.717) is 85.0 Å². The van der Waals surface area contributed by atoms with E-state index in [0.717, 1.165) is 5.75 Å². The number of hydrogen-bond acceptors (Lipinski definition) is 7. The Morgan fingerprint density at radius 1 is 0.607 bits per heavy atom. The molecule has 0 atom stereocenters. The van der Waals surface area contributed by atoms with Crippen LogP contribution in [0.2, 0.25) is 0 Å². The lowest BCUT2D eigenvalue weighted by atomic mass is 10.3. The van der Waals surface area contributed by atoms with E-state index in [1.807, 2.05) is 12.1 Å². The van der Waals surface area contributed by atoms with Gasteiger partial charge < -0.3 is 33.2 Å². The zero-order valence-corrected chi connectivity index (χ0v) is 16.7. The molecular formula is C20H32NO7+. The smallest absolute Gasteiger partial charge is 0.340 e. The summed E-state index contributed by atoms with van der Waals surface area (Å²) in [6.45, 7) is 11.6. The molecule has 0 radical (unpaired) electrons. The summed E-state index contributed by atoms with van der Waals surface area (Å²) in [5.41, 5.74) is 0.709. The Labute approximate surface area is 167 Å². The Morgan fingerprint density at radius 2 is 1.00 bits per heavy atom. The van der Waals surface area contributed by atoms with Crippen molar-refractivity contribution < 1.29 is 33.2 Å². The minimum atomic E-state index is 0.472. The monoisotopic (exact) mass is 398 g/mol. The third-order valence-electron chi connectivity index (χ3n) is 3.40. The number of ether oxygens (including phenoxy) is 7. The van der Waals surface area contributed by atoms with Gasteiger partial charge in [-0.3, -0.25) is 0 Å². The molecule has 0 heterocycles. The molecule has 0 aromatic heterocycles. The molecule has 0 N–H and O–H groups in total. The van der Waals surface area contributed by atoms with Crippen LogP contribution in [0.1, 0.15) is 0 Å². The summed E-state index contributed by atoms with van der Waals surface area (Å²) >= 11 is 0. The van der Waals surface area contributed by atoms with Crippen molar-refractivity contribution >= 4 is 5.69 Å². The van der Waals surface area contributed by atoms with Gasteiger partial charge in [0.2, 0.25) is 0 Å². The number of rotatable bonds is 19.